The topological polar surface area (TPSA) is 635 Å². The molecule has 0 saturated heterocycles. The van der Waals surface area contributed by atoms with Gasteiger partial charge in [0.25, 0.3) is 40.9 Å². The van der Waals surface area contributed by atoms with Gasteiger partial charge in [-0.25, -0.2) is 35.5 Å². The lowest BCUT2D eigenvalue weighted by Crippen LogP contribution is -2.58. The van der Waals surface area contributed by atoms with Crippen molar-refractivity contribution in [1.29, 1.82) is 0 Å². The molecule has 37 heteroatoms. The molecule has 73 heavy (non-hydrogen) atoms. The third kappa shape index (κ3) is 16.5. The number of nitro groups is 2. The van der Waals surface area contributed by atoms with E-state index in [0.717, 1.165) is 30.3 Å². The van der Waals surface area contributed by atoms with Crippen molar-refractivity contribution in [2.24, 2.45) is 71.6 Å². The van der Waals surface area contributed by atoms with Crippen molar-refractivity contribution in [2.75, 3.05) is 10.4 Å². The number of non-ortho nitro benzene ring substituents is 1. The number of carboxylic acid groups (broad SMARTS) is 1. The summed E-state index contributed by atoms with van der Waals surface area (Å²) in [4.78, 5) is 133. The highest BCUT2D eigenvalue weighted by molar-refractivity contribution is 6.00. The SMILES string of the molecule is NC(=O)C(N=C(N)N)NC(=O)C(N=C(N)N)NC(=O)C(N=C(N)N)NC(=O)C(N=C(N)N)NC(=O)C(NC(=O)C(O)N(Cc1ccc(NOO)cc1[N+](=O)[O-])c1ccc([N+](=O)[O-])cc1C(=O)O)c1ccccc1. The predicted octanol–water partition coefficient (Wildman–Crippen LogP) is -7.45. The second kappa shape index (κ2) is 25.6. The molecule has 3 aromatic carbocycles. The summed E-state index contributed by atoms with van der Waals surface area (Å²) in [5.74, 6) is -13.7. The molecule has 0 radical (unpaired) electrons. The lowest BCUT2D eigenvalue weighted by atomic mass is 10.1. The summed E-state index contributed by atoms with van der Waals surface area (Å²) >= 11 is 0. The highest BCUT2D eigenvalue weighted by atomic mass is 17.2. The van der Waals surface area contributed by atoms with Crippen LogP contribution in [0.5, 0.6) is 0 Å². The predicted molar refractivity (Wildman–Crippen MR) is 250 cm³/mol. The van der Waals surface area contributed by atoms with Crippen LogP contribution >= 0.6 is 0 Å². The summed E-state index contributed by atoms with van der Waals surface area (Å²) in [5, 5.41) is 64.6. The number of nitrogens with two attached hydrogens (primary N) is 9. The molecule has 390 valence electrons. The molecule has 0 fully saturated rings. The van der Waals surface area contributed by atoms with Crippen LogP contribution in [0.1, 0.15) is 27.5 Å². The van der Waals surface area contributed by atoms with Crippen LogP contribution in [-0.2, 0) is 40.3 Å². The minimum atomic E-state index is -2.63. The third-order valence-corrected chi connectivity index (χ3v) is 8.97. The first-order chi connectivity index (χ1) is 34.2. The highest BCUT2D eigenvalue weighted by Crippen LogP contribution is 2.32. The van der Waals surface area contributed by atoms with Gasteiger partial charge in [-0.15, -0.1) is 4.99 Å². The van der Waals surface area contributed by atoms with Gasteiger partial charge < -0.3 is 93.3 Å². The van der Waals surface area contributed by atoms with E-state index in [1.54, 1.807) is 0 Å². The number of aliphatic hydroxyl groups is 1. The first kappa shape index (κ1) is 56.6. The van der Waals surface area contributed by atoms with Crippen LogP contribution in [0, 0.1) is 20.2 Å². The summed E-state index contributed by atoms with van der Waals surface area (Å²) in [7, 11) is 0. The highest BCUT2D eigenvalue weighted by Gasteiger charge is 2.36. The summed E-state index contributed by atoms with van der Waals surface area (Å²) in [6, 6.07) is 10.0. The first-order valence-electron chi connectivity index (χ1n) is 19.8. The van der Waals surface area contributed by atoms with Crippen molar-refractivity contribution in [1.82, 2.24) is 26.6 Å². The number of nitro benzene ring substituents is 2. The Labute approximate surface area is 407 Å². The van der Waals surface area contributed by atoms with Gasteiger partial charge in [-0.05, 0) is 23.8 Å². The number of anilines is 2. The molecule has 6 atom stereocenters. The zero-order chi connectivity index (χ0) is 54.9. The Morgan fingerprint density at radius 2 is 1.10 bits per heavy atom. The van der Waals surface area contributed by atoms with Crippen molar-refractivity contribution < 1.29 is 63.9 Å². The minimum absolute atomic E-state index is 0.0948. The number of nitrogens with zero attached hydrogens (tertiary/aromatic N) is 7. The molecule has 0 aliphatic rings. The molecule has 0 spiro atoms. The molecule has 0 aliphatic heterocycles. The quantitative estimate of drug-likeness (QED) is 0.00936. The van der Waals surface area contributed by atoms with E-state index in [1.807, 2.05) is 21.4 Å². The monoisotopic (exact) mass is 1030 g/mol. The number of primary amides is 1. The van der Waals surface area contributed by atoms with Gasteiger partial charge in [-0.1, -0.05) is 30.3 Å². The van der Waals surface area contributed by atoms with Gasteiger partial charge in [-0.3, -0.25) is 49.0 Å². The van der Waals surface area contributed by atoms with Crippen LogP contribution in [0.2, 0.25) is 0 Å². The van der Waals surface area contributed by atoms with Crippen LogP contribution in [0.15, 0.2) is 86.7 Å². The molecular weight excluding hydrogens is 981 g/mol. The van der Waals surface area contributed by atoms with Crippen LogP contribution in [0.3, 0.4) is 0 Å². The fourth-order valence-electron chi connectivity index (χ4n) is 5.93. The van der Waals surface area contributed by atoms with Crippen LogP contribution in [-0.4, -0.2) is 121 Å². The van der Waals surface area contributed by atoms with Gasteiger partial charge in [0.15, 0.2) is 23.8 Å². The molecule has 0 aromatic heterocycles. The molecule has 0 heterocycles. The zero-order valence-corrected chi connectivity index (χ0v) is 37.1. The van der Waals surface area contributed by atoms with E-state index in [9.17, 15) is 64.0 Å². The Bertz CT molecular complexity index is 2720. The Kier molecular flexibility index (Phi) is 19.9. The van der Waals surface area contributed by atoms with Crippen LogP contribution < -0.4 is 88.6 Å². The van der Waals surface area contributed by atoms with Gasteiger partial charge in [0.2, 0.25) is 36.8 Å². The fourth-order valence-corrected chi connectivity index (χ4v) is 5.93. The Balaban J connectivity index is 2.08. The third-order valence-electron chi connectivity index (χ3n) is 8.97. The maximum atomic E-state index is 14.2. The lowest BCUT2D eigenvalue weighted by molar-refractivity contribution is -0.385. The van der Waals surface area contributed by atoms with Gasteiger partial charge in [0.05, 0.1) is 33.3 Å². The van der Waals surface area contributed by atoms with Crippen molar-refractivity contribution in [2.45, 2.75) is 43.5 Å². The van der Waals surface area contributed by atoms with Crippen LogP contribution in [0.4, 0.5) is 22.7 Å². The fraction of sp³-hybridized carbons (Fsp3) is 0.194. The maximum absolute atomic E-state index is 14.2. The normalized spacial score (nSPS) is 12.9. The van der Waals surface area contributed by atoms with E-state index < -0.39 is 141 Å². The Morgan fingerprint density at radius 1 is 0.616 bits per heavy atom. The molecule has 3 rings (SSSR count). The second-order valence-corrected chi connectivity index (χ2v) is 14.2. The number of hydrogen-bond acceptors (Lipinski definition) is 20. The van der Waals surface area contributed by atoms with Crippen molar-refractivity contribution >= 4 is 88.0 Å². The van der Waals surface area contributed by atoms with E-state index in [1.165, 1.54) is 30.3 Å². The molecule has 0 aliphatic carbocycles. The standard InChI is InChI=1S/C36H46N22O15/c37-21(59)22(51-33(38)39)47-27(61)24(53-35(42)43)49-29(63)25(54-36(44)45)50-28(62)23(52-34(40)41)48-26(60)20(13-4-2-1-3-5-13)46-30(64)31(65)56(18-9-8-16(57(68)69)11-17(18)32(66)67)12-14-6-7-15(55-73-72)10-19(14)58(70)71/h1-11,20,22-25,31,55,65,72H,12H2,(H2,37,59)(H,46,64)(H,47,61)(H,48,60)(H,49,63)(H,50,62)(H,66,67)(H4,38,39,51)(H4,40,41,52)(H4,42,43,53)(H4,44,45,54). The molecule has 3 aromatic rings. The summed E-state index contributed by atoms with van der Waals surface area (Å²) in [5.41, 5.74) is 46.9. The lowest BCUT2D eigenvalue weighted by Gasteiger charge is -2.31. The van der Waals surface area contributed by atoms with Gasteiger partial charge >= 0.3 is 5.97 Å². The number of carbonyl (C=O) groups excluding carboxylic acids is 6. The number of amides is 6. The van der Waals surface area contributed by atoms with Gasteiger partial charge in [0.1, 0.15) is 6.04 Å². The van der Waals surface area contributed by atoms with Crippen molar-refractivity contribution in [3.8, 4) is 0 Å². The van der Waals surface area contributed by atoms with Gasteiger partial charge in [0, 0.05) is 23.8 Å². The number of benzene rings is 3. The number of aromatic carboxylic acids is 1. The number of aliphatic imine (C=N–C) groups is 4. The number of nitrogens with one attached hydrogen (secondary N) is 6. The van der Waals surface area contributed by atoms with E-state index >= 15 is 0 Å². The molecule has 37 nitrogen and oxygen atoms in total. The number of guanidine groups is 4. The van der Waals surface area contributed by atoms with E-state index in [0.29, 0.717) is 11.0 Å². The number of rotatable bonds is 25. The zero-order valence-electron chi connectivity index (χ0n) is 37.1. The molecule has 6 unspecified atom stereocenters. The summed E-state index contributed by atoms with van der Waals surface area (Å²) in [6.07, 6.45) is -11.3. The average Bonchev–Trinajstić information content (AvgIpc) is 3.30. The molecular formula is C36H46N22O15. The minimum Gasteiger partial charge on any atom is -0.478 e. The number of hydrogen-bond donors (Lipinski definition) is 18. The number of carbonyl (C=O) groups is 7. The second-order valence-electron chi connectivity index (χ2n) is 14.2. The first-order valence-corrected chi connectivity index (χ1v) is 19.8. The van der Waals surface area contributed by atoms with Crippen LogP contribution in [0.25, 0.3) is 0 Å². The van der Waals surface area contributed by atoms with E-state index in [2.05, 4.69) is 35.6 Å². The maximum Gasteiger partial charge on any atom is 0.338 e. The van der Waals surface area contributed by atoms with E-state index in [4.69, 9.17) is 56.9 Å². The molecule has 0 bridgehead atoms. The van der Waals surface area contributed by atoms with E-state index in [-0.39, 0.29) is 16.8 Å². The Morgan fingerprint density at radius 3 is 1.53 bits per heavy atom. The average molecular weight is 1030 g/mol. The molecule has 0 saturated carbocycles. The van der Waals surface area contributed by atoms with Crippen molar-refractivity contribution in [3.05, 3.63) is 104 Å². The largest absolute Gasteiger partial charge is 0.478 e. The Hall–Kier alpha value is -10.7. The number of aliphatic hydroxyl groups excluding tert-OH is 1. The van der Waals surface area contributed by atoms with Crippen molar-refractivity contribution in [3.63, 3.8) is 0 Å². The molecule has 6 amide bonds. The number of carboxylic acids is 1. The molecule has 27 N–H and O–H groups in total. The smallest absolute Gasteiger partial charge is 0.338 e. The van der Waals surface area contributed by atoms with Gasteiger partial charge in [-0.2, -0.15) is 0 Å². The summed E-state index contributed by atoms with van der Waals surface area (Å²) < 4.78 is 0. The summed E-state index contributed by atoms with van der Waals surface area (Å²) in [6.45, 7) is -0.911.